The Morgan fingerprint density at radius 1 is 1.47 bits per heavy atom. The maximum absolute atomic E-state index is 11.9. The summed E-state index contributed by atoms with van der Waals surface area (Å²) in [6.07, 6.45) is 2.35. The van der Waals surface area contributed by atoms with Crippen molar-refractivity contribution in [2.45, 2.75) is 31.8 Å². The first-order valence-electron chi connectivity index (χ1n) is 5.90. The molecule has 17 heavy (non-hydrogen) atoms. The number of carbonyl (C=O) groups excluding carboxylic acids is 1. The largest absolute Gasteiger partial charge is 0.497 e. The van der Waals surface area contributed by atoms with Crippen LogP contribution in [0.2, 0.25) is 0 Å². The maximum atomic E-state index is 11.9. The lowest BCUT2D eigenvalue weighted by Crippen LogP contribution is -2.39. The van der Waals surface area contributed by atoms with Crippen molar-refractivity contribution >= 4 is 11.6 Å². The van der Waals surface area contributed by atoms with Crippen molar-refractivity contribution in [1.82, 2.24) is 5.32 Å². The molecule has 1 unspecified atom stereocenters. The van der Waals surface area contributed by atoms with Crippen molar-refractivity contribution in [3.63, 3.8) is 0 Å². The second-order valence-corrected chi connectivity index (χ2v) is 4.38. The first-order valence-corrected chi connectivity index (χ1v) is 5.90. The van der Waals surface area contributed by atoms with Crippen molar-refractivity contribution in [1.29, 1.82) is 0 Å². The summed E-state index contributed by atoms with van der Waals surface area (Å²) >= 11 is 0. The van der Waals surface area contributed by atoms with E-state index in [0.717, 1.165) is 11.4 Å². The van der Waals surface area contributed by atoms with E-state index in [2.05, 4.69) is 10.6 Å². The van der Waals surface area contributed by atoms with Crippen LogP contribution in [0.5, 0.6) is 5.75 Å². The third-order valence-corrected chi connectivity index (χ3v) is 2.79. The fourth-order valence-electron chi connectivity index (χ4n) is 1.63. The molecule has 0 spiro atoms. The molecule has 0 bridgehead atoms. The maximum Gasteiger partial charge on any atom is 0.241 e. The monoisotopic (exact) mass is 234 g/mol. The van der Waals surface area contributed by atoms with E-state index in [9.17, 15) is 4.79 Å². The summed E-state index contributed by atoms with van der Waals surface area (Å²) in [5.74, 6) is 0.732. The molecule has 0 saturated heterocycles. The lowest BCUT2D eigenvalue weighted by molar-refractivity contribution is -0.117. The van der Waals surface area contributed by atoms with E-state index < -0.39 is 0 Å². The summed E-state index contributed by atoms with van der Waals surface area (Å²) in [6.45, 7) is 1.88. The van der Waals surface area contributed by atoms with Crippen molar-refractivity contribution in [2.24, 2.45) is 0 Å². The number of carbonyl (C=O) groups is 1. The molecule has 1 amide bonds. The third kappa shape index (κ3) is 3.46. The molecule has 1 aliphatic carbocycles. The molecule has 4 heteroatoms. The number of hydrogen-bond acceptors (Lipinski definition) is 3. The fraction of sp³-hybridized carbons (Fsp3) is 0.462. The predicted octanol–water partition coefficient (Wildman–Crippen LogP) is 1.77. The summed E-state index contributed by atoms with van der Waals surface area (Å²) in [5, 5.41) is 6.13. The van der Waals surface area contributed by atoms with E-state index >= 15 is 0 Å². The van der Waals surface area contributed by atoms with Gasteiger partial charge in [0.1, 0.15) is 5.75 Å². The van der Waals surface area contributed by atoms with Gasteiger partial charge in [-0.2, -0.15) is 0 Å². The first-order chi connectivity index (χ1) is 8.19. The standard InChI is InChI=1S/C13H18N2O2/c1-9(14-10-6-7-10)13(16)15-11-4-3-5-12(8-11)17-2/h3-5,8-10,14H,6-7H2,1-2H3,(H,15,16). The second kappa shape index (κ2) is 5.19. The van der Waals surface area contributed by atoms with E-state index in [1.165, 1.54) is 12.8 Å². The normalized spacial score (nSPS) is 16.4. The van der Waals surface area contributed by atoms with Crippen molar-refractivity contribution in [3.05, 3.63) is 24.3 Å². The van der Waals surface area contributed by atoms with Gasteiger partial charge in [-0.3, -0.25) is 4.79 Å². The number of nitrogens with one attached hydrogen (secondary N) is 2. The molecule has 0 aromatic heterocycles. The molecule has 1 saturated carbocycles. The molecule has 0 aliphatic heterocycles. The van der Waals surface area contributed by atoms with E-state index in [-0.39, 0.29) is 11.9 Å². The summed E-state index contributed by atoms with van der Waals surface area (Å²) < 4.78 is 5.10. The molecule has 1 aliphatic rings. The molecule has 2 rings (SSSR count). The van der Waals surface area contributed by atoms with E-state index in [1.54, 1.807) is 7.11 Å². The minimum absolute atomic E-state index is 0.00912. The molecular weight excluding hydrogens is 216 g/mol. The van der Waals surface area contributed by atoms with Gasteiger partial charge in [0.15, 0.2) is 0 Å². The lowest BCUT2D eigenvalue weighted by atomic mass is 10.2. The van der Waals surface area contributed by atoms with E-state index in [4.69, 9.17) is 4.74 Å². The highest BCUT2D eigenvalue weighted by molar-refractivity contribution is 5.94. The molecule has 1 aromatic rings. The molecule has 1 atom stereocenters. The average molecular weight is 234 g/mol. The number of anilines is 1. The lowest BCUT2D eigenvalue weighted by Gasteiger charge is -2.13. The Balaban J connectivity index is 1.91. The van der Waals surface area contributed by atoms with Gasteiger partial charge in [-0.1, -0.05) is 6.07 Å². The Morgan fingerprint density at radius 2 is 2.24 bits per heavy atom. The number of hydrogen-bond donors (Lipinski definition) is 2. The molecule has 92 valence electrons. The van der Waals surface area contributed by atoms with Gasteiger partial charge in [-0.05, 0) is 31.9 Å². The van der Waals surface area contributed by atoms with Crippen LogP contribution in [0.3, 0.4) is 0 Å². The Bertz CT molecular complexity index is 402. The zero-order chi connectivity index (χ0) is 12.3. The number of methoxy groups -OCH3 is 1. The highest BCUT2D eigenvalue weighted by Crippen LogP contribution is 2.20. The molecule has 4 nitrogen and oxygen atoms in total. The second-order valence-electron chi connectivity index (χ2n) is 4.38. The van der Waals surface area contributed by atoms with Crippen LogP contribution >= 0.6 is 0 Å². The Hall–Kier alpha value is -1.55. The highest BCUT2D eigenvalue weighted by Gasteiger charge is 2.25. The van der Waals surface area contributed by atoms with Crippen molar-refractivity contribution in [2.75, 3.05) is 12.4 Å². The van der Waals surface area contributed by atoms with Crippen LogP contribution in [0, 0.1) is 0 Å². The molecular formula is C13H18N2O2. The predicted molar refractivity (Wildman–Crippen MR) is 67.2 cm³/mol. The summed E-state index contributed by atoms with van der Waals surface area (Å²) in [5.41, 5.74) is 0.763. The number of benzene rings is 1. The van der Waals surface area contributed by atoms with E-state index in [1.807, 2.05) is 31.2 Å². The summed E-state index contributed by atoms with van der Waals surface area (Å²) in [7, 11) is 1.61. The topological polar surface area (TPSA) is 50.4 Å². The zero-order valence-electron chi connectivity index (χ0n) is 10.2. The fourth-order valence-corrected chi connectivity index (χ4v) is 1.63. The number of ether oxygens (including phenoxy) is 1. The number of amides is 1. The van der Waals surface area contributed by atoms with Gasteiger partial charge in [0.25, 0.3) is 0 Å². The first kappa shape index (κ1) is 11.9. The van der Waals surface area contributed by atoms with Crippen LogP contribution in [-0.4, -0.2) is 25.1 Å². The molecule has 2 N–H and O–H groups in total. The molecule has 0 radical (unpaired) electrons. The van der Waals surface area contributed by atoms with Gasteiger partial charge in [0.2, 0.25) is 5.91 Å². The smallest absolute Gasteiger partial charge is 0.241 e. The van der Waals surface area contributed by atoms with Crippen molar-refractivity contribution in [3.8, 4) is 5.75 Å². The van der Waals surface area contributed by atoms with Crippen LogP contribution in [0.4, 0.5) is 5.69 Å². The van der Waals surface area contributed by atoms with Gasteiger partial charge in [0, 0.05) is 17.8 Å². The molecule has 0 heterocycles. The van der Waals surface area contributed by atoms with Crippen molar-refractivity contribution < 1.29 is 9.53 Å². The summed E-state index contributed by atoms with van der Waals surface area (Å²) in [4.78, 5) is 11.9. The van der Waals surface area contributed by atoms with Gasteiger partial charge in [-0.15, -0.1) is 0 Å². The van der Waals surface area contributed by atoms with Crippen LogP contribution in [0.15, 0.2) is 24.3 Å². The summed E-state index contributed by atoms with van der Waals surface area (Å²) in [6, 6.07) is 7.73. The SMILES string of the molecule is COc1cccc(NC(=O)C(C)NC2CC2)c1. The minimum atomic E-state index is -0.159. The molecule has 1 aromatic carbocycles. The van der Waals surface area contributed by atoms with Crippen LogP contribution in [-0.2, 0) is 4.79 Å². The Morgan fingerprint density at radius 3 is 2.88 bits per heavy atom. The van der Waals surface area contributed by atoms with E-state index in [0.29, 0.717) is 6.04 Å². The average Bonchev–Trinajstić information content (AvgIpc) is 3.13. The quantitative estimate of drug-likeness (QED) is 0.816. The van der Waals surface area contributed by atoms with Crippen LogP contribution in [0.25, 0.3) is 0 Å². The zero-order valence-corrected chi connectivity index (χ0v) is 10.2. The molecule has 1 fully saturated rings. The van der Waals surface area contributed by atoms with Crippen LogP contribution in [0.1, 0.15) is 19.8 Å². The Kier molecular flexibility index (Phi) is 3.64. The van der Waals surface area contributed by atoms with Gasteiger partial charge in [0.05, 0.1) is 13.2 Å². The Labute approximate surface area is 101 Å². The van der Waals surface area contributed by atoms with Gasteiger partial charge < -0.3 is 15.4 Å². The van der Waals surface area contributed by atoms with Gasteiger partial charge >= 0.3 is 0 Å². The highest BCUT2D eigenvalue weighted by atomic mass is 16.5. The number of rotatable bonds is 5. The minimum Gasteiger partial charge on any atom is -0.497 e. The third-order valence-electron chi connectivity index (χ3n) is 2.79. The van der Waals surface area contributed by atoms with Gasteiger partial charge in [-0.25, -0.2) is 0 Å². The van der Waals surface area contributed by atoms with Crippen LogP contribution < -0.4 is 15.4 Å².